The van der Waals surface area contributed by atoms with Crippen LogP contribution in [-0.2, 0) is 0 Å². The normalized spacial score (nSPS) is 10.9. The van der Waals surface area contributed by atoms with Gasteiger partial charge >= 0.3 is 0 Å². The molecule has 0 aliphatic carbocycles. The van der Waals surface area contributed by atoms with Crippen molar-refractivity contribution in [2.45, 2.75) is 27.2 Å². The van der Waals surface area contributed by atoms with Crippen molar-refractivity contribution in [3.63, 3.8) is 0 Å². The Morgan fingerprint density at radius 2 is 1.78 bits per heavy atom. The van der Waals surface area contributed by atoms with E-state index in [9.17, 15) is 0 Å². The quantitative estimate of drug-likeness (QED) is 0.733. The SMILES string of the molecule is CCN(CC)CCCN(CC)c1ccc(Br)cn1. The third-order valence-electron chi connectivity index (χ3n) is 3.21. The molecule has 0 aromatic carbocycles. The van der Waals surface area contributed by atoms with Crippen molar-refractivity contribution >= 4 is 21.7 Å². The molecule has 0 fully saturated rings. The van der Waals surface area contributed by atoms with E-state index in [0.29, 0.717) is 0 Å². The lowest BCUT2D eigenvalue weighted by Crippen LogP contribution is -2.30. The highest BCUT2D eigenvalue weighted by atomic mass is 79.9. The lowest BCUT2D eigenvalue weighted by atomic mass is 10.3. The molecule has 18 heavy (non-hydrogen) atoms. The Bertz CT molecular complexity index is 322. The van der Waals surface area contributed by atoms with Gasteiger partial charge in [-0.3, -0.25) is 0 Å². The summed E-state index contributed by atoms with van der Waals surface area (Å²) >= 11 is 3.42. The van der Waals surface area contributed by atoms with Crippen LogP contribution in [0.3, 0.4) is 0 Å². The van der Waals surface area contributed by atoms with Crippen LogP contribution < -0.4 is 4.90 Å². The van der Waals surface area contributed by atoms with Crippen molar-refractivity contribution in [1.29, 1.82) is 0 Å². The molecule has 0 bridgehead atoms. The van der Waals surface area contributed by atoms with Gasteiger partial charge in [-0.05, 0) is 61.0 Å². The monoisotopic (exact) mass is 313 g/mol. The van der Waals surface area contributed by atoms with Crippen LogP contribution in [0, 0.1) is 0 Å². The van der Waals surface area contributed by atoms with Gasteiger partial charge in [0.25, 0.3) is 0 Å². The van der Waals surface area contributed by atoms with Gasteiger partial charge in [0.15, 0.2) is 0 Å². The average molecular weight is 314 g/mol. The lowest BCUT2D eigenvalue weighted by Gasteiger charge is -2.24. The molecule has 0 spiro atoms. The van der Waals surface area contributed by atoms with Crippen LogP contribution in [0.4, 0.5) is 5.82 Å². The third-order valence-corrected chi connectivity index (χ3v) is 3.68. The summed E-state index contributed by atoms with van der Waals surface area (Å²) in [6, 6.07) is 4.13. The van der Waals surface area contributed by atoms with Gasteiger partial charge in [0.2, 0.25) is 0 Å². The van der Waals surface area contributed by atoms with Gasteiger partial charge < -0.3 is 9.80 Å². The molecule has 0 unspecified atom stereocenters. The second-order valence-electron chi connectivity index (χ2n) is 4.29. The molecule has 1 heterocycles. The molecule has 4 heteroatoms. The molecule has 0 amide bonds. The molecule has 0 aliphatic heterocycles. The topological polar surface area (TPSA) is 19.4 Å². The van der Waals surface area contributed by atoms with Crippen molar-refractivity contribution in [3.05, 3.63) is 22.8 Å². The van der Waals surface area contributed by atoms with Crippen LogP contribution in [0.2, 0.25) is 0 Å². The van der Waals surface area contributed by atoms with E-state index in [2.05, 4.69) is 63.6 Å². The van der Waals surface area contributed by atoms with Gasteiger partial charge in [-0.15, -0.1) is 0 Å². The minimum Gasteiger partial charge on any atom is -0.357 e. The van der Waals surface area contributed by atoms with Crippen LogP contribution in [0.15, 0.2) is 22.8 Å². The summed E-state index contributed by atoms with van der Waals surface area (Å²) in [7, 11) is 0. The van der Waals surface area contributed by atoms with Gasteiger partial charge in [0.05, 0.1) is 0 Å². The Morgan fingerprint density at radius 3 is 2.28 bits per heavy atom. The number of nitrogens with zero attached hydrogens (tertiary/aromatic N) is 3. The molecule has 1 aromatic rings. The summed E-state index contributed by atoms with van der Waals surface area (Å²) in [4.78, 5) is 9.24. The van der Waals surface area contributed by atoms with Gasteiger partial charge in [-0.2, -0.15) is 0 Å². The Hall–Kier alpha value is -0.610. The largest absolute Gasteiger partial charge is 0.357 e. The minimum absolute atomic E-state index is 1.01. The summed E-state index contributed by atoms with van der Waals surface area (Å²) in [5.41, 5.74) is 0. The van der Waals surface area contributed by atoms with Crippen LogP contribution >= 0.6 is 15.9 Å². The second kappa shape index (κ2) is 8.48. The first-order chi connectivity index (χ1) is 8.71. The number of rotatable bonds is 8. The van der Waals surface area contributed by atoms with Gasteiger partial charge in [-0.25, -0.2) is 4.98 Å². The fourth-order valence-electron chi connectivity index (χ4n) is 2.01. The Morgan fingerprint density at radius 1 is 1.06 bits per heavy atom. The zero-order valence-electron chi connectivity index (χ0n) is 11.7. The van der Waals surface area contributed by atoms with Crippen molar-refractivity contribution in [3.8, 4) is 0 Å². The highest BCUT2D eigenvalue weighted by Gasteiger charge is 2.06. The van der Waals surface area contributed by atoms with Gasteiger partial charge in [0.1, 0.15) is 5.82 Å². The van der Waals surface area contributed by atoms with Crippen LogP contribution in [0.1, 0.15) is 27.2 Å². The second-order valence-corrected chi connectivity index (χ2v) is 5.21. The molecule has 0 aliphatic rings. The lowest BCUT2D eigenvalue weighted by molar-refractivity contribution is 0.300. The fourth-order valence-corrected chi connectivity index (χ4v) is 2.25. The third kappa shape index (κ3) is 4.94. The molecule has 0 atom stereocenters. The molecule has 1 aromatic heterocycles. The maximum absolute atomic E-state index is 4.45. The maximum Gasteiger partial charge on any atom is 0.128 e. The smallest absolute Gasteiger partial charge is 0.128 e. The van der Waals surface area contributed by atoms with Crippen LogP contribution in [-0.4, -0.2) is 42.6 Å². The zero-order valence-corrected chi connectivity index (χ0v) is 13.3. The number of halogens is 1. The Balaban J connectivity index is 2.44. The number of hydrogen-bond acceptors (Lipinski definition) is 3. The van der Waals surface area contributed by atoms with Crippen molar-refractivity contribution < 1.29 is 0 Å². The van der Waals surface area contributed by atoms with E-state index < -0.39 is 0 Å². The molecular weight excluding hydrogens is 290 g/mol. The predicted molar refractivity (Wildman–Crippen MR) is 82.2 cm³/mol. The standard InChI is InChI=1S/C14H24BrN3/c1-4-17(5-2)10-7-11-18(6-3)14-9-8-13(15)12-16-14/h8-9,12H,4-7,10-11H2,1-3H3. The molecule has 3 nitrogen and oxygen atoms in total. The first-order valence-electron chi connectivity index (χ1n) is 6.80. The van der Waals surface area contributed by atoms with Crippen molar-refractivity contribution in [1.82, 2.24) is 9.88 Å². The highest BCUT2D eigenvalue weighted by Crippen LogP contribution is 2.14. The van der Waals surface area contributed by atoms with Crippen LogP contribution in [0.5, 0.6) is 0 Å². The fraction of sp³-hybridized carbons (Fsp3) is 0.643. The molecule has 1 rings (SSSR count). The molecule has 0 saturated carbocycles. The predicted octanol–water partition coefficient (Wildman–Crippen LogP) is 3.40. The van der Waals surface area contributed by atoms with Crippen LogP contribution in [0.25, 0.3) is 0 Å². The van der Waals surface area contributed by atoms with E-state index in [0.717, 1.165) is 36.5 Å². The molecule has 0 saturated heterocycles. The summed E-state index contributed by atoms with van der Waals surface area (Å²) in [5, 5.41) is 0. The minimum atomic E-state index is 1.01. The maximum atomic E-state index is 4.45. The number of anilines is 1. The van der Waals surface area contributed by atoms with E-state index in [1.54, 1.807) is 0 Å². The van der Waals surface area contributed by atoms with E-state index in [1.165, 1.54) is 13.0 Å². The number of aromatic nitrogens is 1. The first-order valence-corrected chi connectivity index (χ1v) is 7.59. The van der Waals surface area contributed by atoms with E-state index in [1.807, 2.05) is 6.20 Å². The summed E-state index contributed by atoms with van der Waals surface area (Å²) < 4.78 is 1.03. The van der Waals surface area contributed by atoms with E-state index in [4.69, 9.17) is 0 Å². The number of pyridine rings is 1. The molecule has 102 valence electrons. The average Bonchev–Trinajstić information content (AvgIpc) is 2.41. The summed E-state index contributed by atoms with van der Waals surface area (Å²) in [6.07, 6.45) is 3.05. The molecule has 0 radical (unpaired) electrons. The van der Waals surface area contributed by atoms with Gasteiger partial charge in [0, 0.05) is 23.8 Å². The van der Waals surface area contributed by atoms with Gasteiger partial charge in [-0.1, -0.05) is 13.8 Å². The molecule has 0 N–H and O–H groups in total. The van der Waals surface area contributed by atoms with Crippen molar-refractivity contribution in [2.75, 3.05) is 37.6 Å². The van der Waals surface area contributed by atoms with E-state index in [-0.39, 0.29) is 0 Å². The number of hydrogen-bond donors (Lipinski definition) is 0. The zero-order chi connectivity index (χ0) is 13.4. The first kappa shape index (κ1) is 15.4. The van der Waals surface area contributed by atoms with E-state index >= 15 is 0 Å². The summed E-state index contributed by atoms with van der Waals surface area (Å²) in [6.45, 7) is 12.1. The van der Waals surface area contributed by atoms with Crippen molar-refractivity contribution in [2.24, 2.45) is 0 Å². The Kier molecular flexibility index (Phi) is 7.28. The highest BCUT2D eigenvalue weighted by molar-refractivity contribution is 9.10. The Labute approximate surface area is 119 Å². The molecular formula is C14H24BrN3. The summed E-state index contributed by atoms with van der Waals surface area (Å²) in [5.74, 6) is 1.07.